The summed E-state index contributed by atoms with van der Waals surface area (Å²) in [6.07, 6.45) is 6.77. The van der Waals surface area contributed by atoms with Gasteiger partial charge in [-0.25, -0.2) is 4.79 Å². The molecule has 0 aliphatic heterocycles. The van der Waals surface area contributed by atoms with Gasteiger partial charge < -0.3 is 10.1 Å². The molecule has 0 spiro atoms. The largest absolute Gasteiger partial charge is 0.462 e. The lowest BCUT2D eigenvalue weighted by Crippen LogP contribution is -2.16. The molecule has 0 saturated carbocycles. The average molecular weight is 447 g/mol. The Morgan fingerprint density at radius 3 is 2.81 bits per heavy atom. The van der Waals surface area contributed by atoms with Crippen molar-refractivity contribution in [2.24, 2.45) is 0 Å². The van der Waals surface area contributed by atoms with Crippen molar-refractivity contribution in [2.45, 2.75) is 32.6 Å². The van der Waals surface area contributed by atoms with Crippen LogP contribution in [0.25, 0.3) is 17.3 Å². The number of anilines is 1. The summed E-state index contributed by atoms with van der Waals surface area (Å²) >= 11 is 1.39. The second-order valence-electron chi connectivity index (χ2n) is 7.33. The number of amides is 1. The van der Waals surface area contributed by atoms with Crippen LogP contribution < -0.4 is 5.32 Å². The smallest absolute Gasteiger partial charge is 0.341 e. The van der Waals surface area contributed by atoms with Crippen molar-refractivity contribution in [1.29, 1.82) is 5.26 Å². The lowest BCUT2D eigenvalue weighted by Gasteiger charge is -2.12. The number of H-pyrrole nitrogens is 1. The number of nitriles is 1. The van der Waals surface area contributed by atoms with Crippen molar-refractivity contribution < 1.29 is 14.3 Å². The molecule has 8 heteroatoms. The third-order valence-corrected chi connectivity index (χ3v) is 6.48. The molecule has 1 aliphatic carbocycles. The fourth-order valence-electron chi connectivity index (χ4n) is 3.79. The number of benzene rings is 1. The molecule has 1 aliphatic rings. The molecule has 162 valence electrons. The van der Waals surface area contributed by atoms with Gasteiger partial charge in [0.1, 0.15) is 16.6 Å². The SMILES string of the molecule is CCOC(=O)c1c(NC(=O)C(C#N)=Cc2cn[nH]c2-c2ccccc2)sc2c1CCCC2. The molecule has 7 nitrogen and oxygen atoms in total. The normalized spacial score (nSPS) is 13.2. The van der Waals surface area contributed by atoms with E-state index in [4.69, 9.17) is 4.74 Å². The fourth-order valence-corrected chi connectivity index (χ4v) is 5.06. The van der Waals surface area contributed by atoms with Gasteiger partial charge in [0.25, 0.3) is 5.91 Å². The Labute approximate surface area is 189 Å². The van der Waals surface area contributed by atoms with Gasteiger partial charge in [0.15, 0.2) is 0 Å². The van der Waals surface area contributed by atoms with Crippen LogP contribution in [0.2, 0.25) is 0 Å². The van der Waals surface area contributed by atoms with Crippen LogP contribution in [0.5, 0.6) is 0 Å². The minimum atomic E-state index is -0.572. The number of carbonyl (C=O) groups is 2. The maximum Gasteiger partial charge on any atom is 0.341 e. The molecule has 0 atom stereocenters. The molecule has 0 fully saturated rings. The number of thiophene rings is 1. The molecule has 0 radical (unpaired) electrons. The first-order valence-electron chi connectivity index (χ1n) is 10.5. The van der Waals surface area contributed by atoms with E-state index in [9.17, 15) is 14.9 Å². The quantitative estimate of drug-likeness (QED) is 0.323. The maximum absolute atomic E-state index is 13.0. The van der Waals surface area contributed by atoms with Gasteiger partial charge in [0, 0.05) is 16.0 Å². The summed E-state index contributed by atoms with van der Waals surface area (Å²) in [4.78, 5) is 26.7. The lowest BCUT2D eigenvalue weighted by atomic mass is 9.95. The number of esters is 1. The van der Waals surface area contributed by atoms with Gasteiger partial charge in [-0.15, -0.1) is 11.3 Å². The first kappa shape index (κ1) is 21.5. The van der Waals surface area contributed by atoms with E-state index in [1.54, 1.807) is 13.1 Å². The molecule has 1 aromatic carbocycles. The Morgan fingerprint density at radius 2 is 2.06 bits per heavy atom. The molecule has 0 saturated heterocycles. The van der Waals surface area contributed by atoms with E-state index in [0.717, 1.165) is 41.7 Å². The van der Waals surface area contributed by atoms with Crippen LogP contribution in [-0.4, -0.2) is 28.7 Å². The molecule has 32 heavy (non-hydrogen) atoms. The van der Waals surface area contributed by atoms with E-state index < -0.39 is 11.9 Å². The lowest BCUT2D eigenvalue weighted by molar-refractivity contribution is -0.112. The van der Waals surface area contributed by atoms with Crippen molar-refractivity contribution in [3.05, 3.63) is 63.7 Å². The predicted molar refractivity (Wildman–Crippen MR) is 123 cm³/mol. The molecule has 3 aromatic rings. The number of fused-ring (bicyclic) bond motifs is 1. The standard InChI is InChI=1S/C24H22N4O3S/c1-2-31-24(30)20-18-10-6-7-11-19(18)32-23(20)27-22(29)16(13-25)12-17-14-26-28-21(17)15-8-4-3-5-9-15/h3-5,8-9,12,14H,2,6-7,10-11H2,1H3,(H,26,28)(H,27,29). The zero-order chi connectivity index (χ0) is 22.5. The second kappa shape index (κ2) is 9.62. The third-order valence-electron chi connectivity index (χ3n) is 5.27. The van der Waals surface area contributed by atoms with Crippen LogP contribution in [0.3, 0.4) is 0 Å². The van der Waals surface area contributed by atoms with E-state index in [2.05, 4.69) is 15.5 Å². The van der Waals surface area contributed by atoms with Gasteiger partial charge in [0.2, 0.25) is 0 Å². The van der Waals surface area contributed by atoms with E-state index in [1.165, 1.54) is 17.4 Å². The zero-order valence-electron chi connectivity index (χ0n) is 17.6. The first-order valence-corrected chi connectivity index (χ1v) is 11.3. The molecule has 4 rings (SSSR count). The Bertz CT molecular complexity index is 1220. The number of aryl methyl sites for hydroxylation is 1. The van der Waals surface area contributed by atoms with Gasteiger partial charge in [-0.1, -0.05) is 30.3 Å². The van der Waals surface area contributed by atoms with Gasteiger partial charge >= 0.3 is 5.97 Å². The van der Waals surface area contributed by atoms with Crippen LogP contribution in [0.15, 0.2) is 42.1 Å². The second-order valence-corrected chi connectivity index (χ2v) is 8.43. The monoisotopic (exact) mass is 446 g/mol. The zero-order valence-corrected chi connectivity index (χ0v) is 18.4. The average Bonchev–Trinajstić information content (AvgIpc) is 3.42. The fraction of sp³-hybridized carbons (Fsp3) is 0.250. The van der Waals surface area contributed by atoms with Gasteiger partial charge in [0.05, 0.1) is 24.1 Å². The van der Waals surface area contributed by atoms with E-state index in [-0.39, 0.29) is 12.2 Å². The van der Waals surface area contributed by atoms with Crippen LogP contribution in [0, 0.1) is 11.3 Å². The molecule has 0 bridgehead atoms. The highest BCUT2D eigenvalue weighted by atomic mass is 32.1. The summed E-state index contributed by atoms with van der Waals surface area (Å²) in [6, 6.07) is 11.5. The minimum Gasteiger partial charge on any atom is -0.462 e. The van der Waals surface area contributed by atoms with E-state index >= 15 is 0 Å². The van der Waals surface area contributed by atoms with Crippen molar-refractivity contribution in [3.8, 4) is 17.3 Å². The van der Waals surface area contributed by atoms with Crippen LogP contribution in [0.1, 0.15) is 46.1 Å². The summed E-state index contributed by atoms with van der Waals surface area (Å²) in [5.41, 5.74) is 3.53. The summed E-state index contributed by atoms with van der Waals surface area (Å²) in [6.45, 7) is 2.00. The topological polar surface area (TPSA) is 108 Å². The number of hydrogen-bond acceptors (Lipinski definition) is 6. The Morgan fingerprint density at radius 1 is 1.28 bits per heavy atom. The Kier molecular flexibility index (Phi) is 6.47. The number of ether oxygens (including phenoxy) is 1. The molecule has 1 amide bonds. The number of rotatable bonds is 6. The maximum atomic E-state index is 13.0. The van der Waals surface area contributed by atoms with Crippen molar-refractivity contribution >= 4 is 34.3 Å². The molecular weight excluding hydrogens is 424 g/mol. The summed E-state index contributed by atoms with van der Waals surface area (Å²) in [7, 11) is 0. The minimum absolute atomic E-state index is 0.0789. The number of hydrogen-bond donors (Lipinski definition) is 2. The third kappa shape index (κ3) is 4.34. The van der Waals surface area contributed by atoms with Crippen molar-refractivity contribution in [3.63, 3.8) is 0 Å². The van der Waals surface area contributed by atoms with Gasteiger partial charge in [-0.3, -0.25) is 9.89 Å². The highest BCUT2D eigenvalue weighted by Gasteiger charge is 2.28. The first-order chi connectivity index (χ1) is 15.6. The van der Waals surface area contributed by atoms with E-state index in [1.807, 2.05) is 36.4 Å². The highest BCUT2D eigenvalue weighted by Crippen LogP contribution is 2.39. The van der Waals surface area contributed by atoms with Crippen molar-refractivity contribution in [1.82, 2.24) is 10.2 Å². The summed E-state index contributed by atoms with van der Waals surface area (Å²) < 4.78 is 5.24. The number of nitrogens with zero attached hydrogens (tertiary/aromatic N) is 2. The van der Waals surface area contributed by atoms with Gasteiger partial charge in [-0.05, 0) is 44.2 Å². The molecule has 2 aromatic heterocycles. The van der Waals surface area contributed by atoms with Crippen LogP contribution in [-0.2, 0) is 22.4 Å². The summed E-state index contributed by atoms with van der Waals surface area (Å²) in [5, 5.41) is 19.9. The van der Waals surface area contributed by atoms with Crippen LogP contribution in [0.4, 0.5) is 5.00 Å². The predicted octanol–water partition coefficient (Wildman–Crippen LogP) is 4.74. The van der Waals surface area contributed by atoms with E-state index in [0.29, 0.717) is 21.8 Å². The van der Waals surface area contributed by atoms with Crippen molar-refractivity contribution in [2.75, 3.05) is 11.9 Å². The molecule has 2 N–H and O–H groups in total. The van der Waals surface area contributed by atoms with Crippen LogP contribution >= 0.6 is 11.3 Å². The number of nitrogens with one attached hydrogen (secondary N) is 2. The number of carbonyl (C=O) groups excluding carboxylic acids is 2. The number of aromatic amines is 1. The van der Waals surface area contributed by atoms with Gasteiger partial charge in [-0.2, -0.15) is 10.4 Å². The highest BCUT2D eigenvalue weighted by molar-refractivity contribution is 7.17. The number of aromatic nitrogens is 2. The molecular formula is C24H22N4O3S. The Hall–Kier alpha value is -3.70. The summed E-state index contributed by atoms with van der Waals surface area (Å²) in [5.74, 6) is -1.01. The molecule has 2 heterocycles. The Balaban J connectivity index is 1.64. The molecule has 0 unspecified atom stereocenters.